The van der Waals surface area contributed by atoms with Crippen molar-refractivity contribution in [3.05, 3.63) is 64.5 Å². The molecule has 1 aromatic carbocycles. The SMILES string of the molecule is COC(=O)c1c(C)[nH]c(C(=O)OCC=Cc2ccccc2)c1C. The fraction of sp³-hybridized carbons (Fsp3) is 0.222. The lowest BCUT2D eigenvalue weighted by Crippen LogP contribution is -2.08. The summed E-state index contributed by atoms with van der Waals surface area (Å²) in [5.41, 5.74) is 2.80. The van der Waals surface area contributed by atoms with Gasteiger partial charge in [0.25, 0.3) is 0 Å². The maximum atomic E-state index is 12.1. The highest BCUT2D eigenvalue weighted by Crippen LogP contribution is 2.19. The Kier molecular flexibility index (Phi) is 5.36. The van der Waals surface area contributed by atoms with Gasteiger partial charge >= 0.3 is 11.9 Å². The molecule has 5 nitrogen and oxygen atoms in total. The molecule has 0 amide bonds. The molecule has 2 aromatic rings. The summed E-state index contributed by atoms with van der Waals surface area (Å²) in [6, 6.07) is 9.72. The molecule has 0 fully saturated rings. The van der Waals surface area contributed by atoms with E-state index in [9.17, 15) is 9.59 Å². The molecule has 0 radical (unpaired) electrons. The number of benzene rings is 1. The van der Waals surface area contributed by atoms with Crippen molar-refractivity contribution in [2.45, 2.75) is 13.8 Å². The highest BCUT2D eigenvalue weighted by Gasteiger charge is 2.23. The van der Waals surface area contributed by atoms with Crippen LogP contribution in [-0.4, -0.2) is 30.6 Å². The minimum atomic E-state index is -0.501. The Hall–Kier alpha value is -2.82. The molecule has 0 saturated carbocycles. The van der Waals surface area contributed by atoms with Gasteiger partial charge in [-0.1, -0.05) is 36.4 Å². The molecule has 23 heavy (non-hydrogen) atoms. The number of carbonyl (C=O) groups is 2. The van der Waals surface area contributed by atoms with E-state index < -0.39 is 11.9 Å². The second kappa shape index (κ2) is 7.45. The van der Waals surface area contributed by atoms with Gasteiger partial charge in [0.1, 0.15) is 12.3 Å². The largest absolute Gasteiger partial charge is 0.465 e. The van der Waals surface area contributed by atoms with Gasteiger partial charge < -0.3 is 14.5 Å². The zero-order valence-corrected chi connectivity index (χ0v) is 13.4. The zero-order valence-electron chi connectivity index (χ0n) is 13.4. The molecule has 0 aliphatic rings. The number of aromatic amines is 1. The topological polar surface area (TPSA) is 68.4 Å². The molecule has 0 unspecified atom stereocenters. The normalized spacial score (nSPS) is 10.7. The molecule has 0 saturated heterocycles. The predicted molar refractivity (Wildman–Crippen MR) is 87.4 cm³/mol. The minimum Gasteiger partial charge on any atom is -0.465 e. The standard InChI is InChI=1S/C18H19NO4/c1-12-15(17(20)22-3)13(2)19-16(12)18(21)23-11-7-10-14-8-5-4-6-9-14/h4-10,19H,11H2,1-3H3. The number of rotatable bonds is 5. The van der Waals surface area contributed by atoms with Crippen molar-refractivity contribution in [2.24, 2.45) is 0 Å². The number of aromatic nitrogens is 1. The molecule has 120 valence electrons. The Balaban J connectivity index is 2.01. The molecule has 0 aliphatic carbocycles. The number of hydrogen-bond acceptors (Lipinski definition) is 4. The third-order valence-electron chi connectivity index (χ3n) is 3.45. The third-order valence-corrected chi connectivity index (χ3v) is 3.45. The first-order valence-electron chi connectivity index (χ1n) is 7.20. The summed E-state index contributed by atoms with van der Waals surface area (Å²) in [7, 11) is 1.31. The summed E-state index contributed by atoms with van der Waals surface area (Å²) in [6.45, 7) is 3.55. The van der Waals surface area contributed by atoms with Crippen molar-refractivity contribution in [3.8, 4) is 0 Å². The van der Waals surface area contributed by atoms with Crippen LogP contribution in [0.5, 0.6) is 0 Å². The van der Waals surface area contributed by atoms with Crippen molar-refractivity contribution in [3.63, 3.8) is 0 Å². The highest BCUT2D eigenvalue weighted by molar-refractivity contribution is 5.98. The van der Waals surface area contributed by atoms with Crippen LogP contribution in [0.1, 0.15) is 37.7 Å². The summed E-state index contributed by atoms with van der Waals surface area (Å²) in [5, 5.41) is 0. The molecule has 5 heteroatoms. The summed E-state index contributed by atoms with van der Waals surface area (Å²) < 4.78 is 9.92. The third kappa shape index (κ3) is 3.88. The second-order valence-electron chi connectivity index (χ2n) is 5.03. The smallest absolute Gasteiger partial charge is 0.355 e. The van der Waals surface area contributed by atoms with Gasteiger partial charge in [-0.25, -0.2) is 9.59 Å². The molecule has 1 heterocycles. The van der Waals surface area contributed by atoms with E-state index in [1.165, 1.54) is 7.11 Å². The van der Waals surface area contributed by atoms with Crippen LogP contribution in [0.2, 0.25) is 0 Å². The maximum absolute atomic E-state index is 12.1. The van der Waals surface area contributed by atoms with Crippen molar-refractivity contribution >= 4 is 18.0 Å². The monoisotopic (exact) mass is 313 g/mol. The van der Waals surface area contributed by atoms with Gasteiger partial charge in [0, 0.05) is 5.69 Å². The first-order valence-corrected chi connectivity index (χ1v) is 7.20. The maximum Gasteiger partial charge on any atom is 0.355 e. The van der Waals surface area contributed by atoms with Crippen LogP contribution in [0, 0.1) is 13.8 Å². The molecular weight excluding hydrogens is 294 g/mol. The zero-order chi connectivity index (χ0) is 16.8. The van der Waals surface area contributed by atoms with E-state index >= 15 is 0 Å². The Morgan fingerprint density at radius 1 is 1.13 bits per heavy atom. The summed E-state index contributed by atoms with van der Waals surface area (Å²) in [5.74, 6) is -0.974. The lowest BCUT2D eigenvalue weighted by molar-refractivity contribution is 0.0543. The lowest BCUT2D eigenvalue weighted by atomic mass is 10.1. The highest BCUT2D eigenvalue weighted by atomic mass is 16.5. The average molecular weight is 313 g/mol. The van der Waals surface area contributed by atoms with E-state index in [0.29, 0.717) is 16.8 Å². The Bertz CT molecular complexity index is 729. The number of methoxy groups -OCH3 is 1. The van der Waals surface area contributed by atoms with E-state index in [4.69, 9.17) is 9.47 Å². The van der Waals surface area contributed by atoms with Crippen LogP contribution in [0.15, 0.2) is 36.4 Å². The molecule has 0 aliphatic heterocycles. The number of carbonyl (C=O) groups excluding carboxylic acids is 2. The van der Waals surface area contributed by atoms with E-state index in [0.717, 1.165) is 5.56 Å². The summed E-state index contributed by atoms with van der Waals surface area (Å²) in [4.78, 5) is 26.7. The Morgan fingerprint density at radius 3 is 2.48 bits per heavy atom. The first-order chi connectivity index (χ1) is 11.0. The number of ether oxygens (including phenoxy) is 2. The van der Waals surface area contributed by atoms with Crippen molar-refractivity contribution in [2.75, 3.05) is 13.7 Å². The van der Waals surface area contributed by atoms with Crippen LogP contribution < -0.4 is 0 Å². The van der Waals surface area contributed by atoms with Crippen LogP contribution in [-0.2, 0) is 9.47 Å². The van der Waals surface area contributed by atoms with E-state index in [-0.39, 0.29) is 12.3 Å². The molecule has 2 rings (SSSR count). The van der Waals surface area contributed by atoms with Gasteiger partial charge in [0.05, 0.1) is 12.7 Å². The molecular formula is C18H19NO4. The molecule has 1 aromatic heterocycles. The van der Waals surface area contributed by atoms with Gasteiger partial charge in [0.15, 0.2) is 0 Å². The van der Waals surface area contributed by atoms with Crippen molar-refractivity contribution < 1.29 is 19.1 Å². The fourth-order valence-corrected chi connectivity index (χ4v) is 2.31. The van der Waals surface area contributed by atoms with Gasteiger partial charge in [-0.3, -0.25) is 0 Å². The van der Waals surface area contributed by atoms with Crippen LogP contribution in [0.4, 0.5) is 0 Å². The van der Waals surface area contributed by atoms with Gasteiger partial charge in [0.2, 0.25) is 0 Å². The minimum absolute atomic E-state index is 0.152. The van der Waals surface area contributed by atoms with E-state index in [1.807, 2.05) is 36.4 Å². The Morgan fingerprint density at radius 2 is 1.83 bits per heavy atom. The van der Waals surface area contributed by atoms with Crippen LogP contribution >= 0.6 is 0 Å². The number of aryl methyl sites for hydroxylation is 1. The summed E-state index contributed by atoms with van der Waals surface area (Å²) in [6.07, 6.45) is 3.64. The van der Waals surface area contributed by atoms with Crippen molar-refractivity contribution in [1.82, 2.24) is 4.98 Å². The molecule has 0 bridgehead atoms. The van der Waals surface area contributed by atoms with Gasteiger partial charge in [-0.05, 0) is 31.1 Å². The fourth-order valence-electron chi connectivity index (χ4n) is 2.31. The van der Waals surface area contributed by atoms with Crippen LogP contribution in [0.3, 0.4) is 0 Å². The Labute approximate surface area is 134 Å². The number of H-pyrrole nitrogens is 1. The van der Waals surface area contributed by atoms with Gasteiger partial charge in [-0.2, -0.15) is 0 Å². The van der Waals surface area contributed by atoms with Crippen LogP contribution in [0.25, 0.3) is 6.08 Å². The van der Waals surface area contributed by atoms with Gasteiger partial charge in [-0.15, -0.1) is 0 Å². The second-order valence-corrected chi connectivity index (χ2v) is 5.03. The van der Waals surface area contributed by atoms with Crippen molar-refractivity contribution in [1.29, 1.82) is 0 Å². The number of esters is 2. The molecule has 0 spiro atoms. The quantitative estimate of drug-likeness (QED) is 0.860. The molecule has 0 atom stereocenters. The van der Waals surface area contributed by atoms with E-state index in [1.54, 1.807) is 19.9 Å². The summed E-state index contributed by atoms with van der Waals surface area (Å²) >= 11 is 0. The number of hydrogen-bond donors (Lipinski definition) is 1. The number of nitrogens with one attached hydrogen (secondary N) is 1. The first kappa shape index (κ1) is 16.5. The molecule has 1 N–H and O–H groups in total. The van der Waals surface area contributed by atoms with E-state index in [2.05, 4.69) is 4.98 Å². The predicted octanol–water partition coefficient (Wildman–Crippen LogP) is 3.29. The lowest BCUT2D eigenvalue weighted by Gasteiger charge is -2.02. The average Bonchev–Trinajstić information content (AvgIpc) is 2.86.